The van der Waals surface area contributed by atoms with Crippen LogP contribution in [-0.4, -0.2) is 48.7 Å². The van der Waals surface area contributed by atoms with E-state index >= 15 is 0 Å². The van der Waals surface area contributed by atoms with Crippen LogP contribution in [0.4, 0.5) is 19.0 Å². The first-order valence-corrected chi connectivity index (χ1v) is 10.1. The number of carbonyl (C=O) groups is 1. The highest BCUT2D eigenvalue weighted by molar-refractivity contribution is 5.77. The number of nitrogens with zero attached hydrogens (tertiary/aromatic N) is 3. The SMILES string of the molecule is Cc1nc(OCCNC(=O)COc2cccc(C(F)(F)F)c2)cc(N2CCCCC2)n1. The lowest BCUT2D eigenvalue weighted by Crippen LogP contribution is -2.32. The number of rotatable bonds is 8. The van der Waals surface area contributed by atoms with E-state index in [2.05, 4.69) is 20.2 Å². The first-order chi connectivity index (χ1) is 14.8. The first-order valence-electron chi connectivity index (χ1n) is 10.1. The second-order valence-corrected chi connectivity index (χ2v) is 7.17. The highest BCUT2D eigenvalue weighted by atomic mass is 19.4. The van der Waals surface area contributed by atoms with E-state index in [-0.39, 0.29) is 18.9 Å². The monoisotopic (exact) mass is 438 g/mol. The minimum Gasteiger partial charge on any atom is -0.484 e. The molecule has 3 rings (SSSR count). The second-order valence-electron chi connectivity index (χ2n) is 7.17. The second kappa shape index (κ2) is 10.3. The number of benzene rings is 1. The summed E-state index contributed by atoms with van der Waals surface area (Å²) in [6.07, 6.45) is -0.977. The van der Waals surface area contributed by atoms with Crippen molar-refractivity contribution in [2.24, 2.45) is 0 Å². The number of halogens is 3. The summed E-state index contributed by atoms with van der Waals surface area (Å²) in [5, 5.41) is 2.60. The molecule has 1 aliphatic heterocycles. The maximum absolute atomic E-state index is 12.7. The summed E-state index contributed by atoms with van der Waals surface area (Å²) in [7, 11) is 0. The van der Waals surface area contributed by atoms with E-state index in [0.717, 1.165) is 43.9 Å². The number of hydrogen-bond donors (Lipinski definition) is 1. The molecule has 0 spiro atoms. The van der Waals surface area contributed by atoms with Gasteiger partial charge in [-0.05, 0) is 44.4 Å². The Bertz CT molecular complexity index is 886. The fraction of sp³-hybridized carbons (Fsp3) is 0.476. The van der Waals surface area contributed by atoms with E-state index in [4.69, 9.17) is 9.47 Å². The number of ether oxygens (including phenoxy) is 2. The van der Waals surface area contributed by atoms with Crippen molar-refractivity contribution >= 4 is 11.7 Å². The summed E-state index contributed by atoms with van der Waals surface area (Å²) >= 11 is 0. The van der Waals surface area contributed by atoms with Crippen molar-refractivity contribution in [2.45, 2.75) is 32.4 Å². The Hall–Kier alpha value is -3.04. The summed E-state index contributed by atoms with van der Waals surface area (Å²) < 4.78 is 48.9. The van der Waals surface area contributed by atoms with E-state index in [1.807, 2.05) is 0 Å². The predicted octanol–water partition coefficient (Wildman–Crippen LogP) is 3.37. The number of amides is 1. The highest BCUT2D eigenvalue weighted by Crippen LogP contribution is 2.31. The predicted molar refractivity (Wildman–Crippen MR) is 108 cm³/mol. The third kappa shape index (κ3) is 7.01. The lowest BCUT2D eigenvalue weighted by atomic mass is 10.1. The number of nitrogens with one attached hydrogen (secondary N) is 1. The van der Waals surface area contributed by atoms with Crippen molar-refractivity contribution in [3.63, 3.8) is 0 Å². The smallest absolute Gasteiger partial charge is 0.416 e. The third-order valence-electron chi connectivity index (χ3n) is 4.69. The Morgan fingerprint density at radius 2 is 1.90 bits per heavy atom. The van der Waals surface area contributed by atoms with Crippen LogP contribution < -0.4 is 19.7 Å². The molecule has 10 heteroatoms. The molecule has 1 aromatic heterocycles. The van der Waals surface area contributed by atoms with Crippen LogP contribution in [0.15, 0.2) is 30.3 Å². The van der Waals surface area contributed by atoms with Gasteiger partial charge in [-0.2, -0.15) is 18.2 Å². The van der Waals surface area contributed by atoms with E-state index in [1.165, 1.54) is 18.6 Å². The van der Waals surface area contributed by atoms with E-state index in [9.17, 15) is 18.0 Å². The van der Waals surface area contributed by atoms with Crippen LogP contribution in [0.1, 0.15) is 30.7 Å². The maximum Gasteiger partial charge on any atom is 0.416 e. The van der Waals surface area contributed by atoms with Crippen LogP contribution in [0.3, 0.4) is 0 Å². The molecule has 31 heavy (non-hydrogen) atoms. The molecule has 0 bridgehead atoms. The number of alkyl halides is 3. The molecule has 1 aromatic carbocycles. The van der Waals surface area contributed by atoms with Crippen molar-refractivity contribution < 1.29 is 27.4 Å². The summed E-state index contributed by atoms with van der Waals surface area (Å²) in [6.45, 7) is 3.70. The Morgan fingerprint density at radius 3 is 2.65 bits per heavy atom. The van der Waals surface area contributed by atoms with Gasteiger partial charge in [0.15, 0.2) is 6.61 Å². The van der Waals surface area contributed by atoms with Gasteiger partial charge < -0.3 is 19.7 Å². The third-order valence-corrected chi connectivity index (χ3v) is 4.69. The van der Waals surface area contributed by atoms with E-state index in [0.29, 0.717) is 11.7 Å². The number of piperidine rings is 1. The Kier molecular flexibility index (Phi) is 7.54. The van der Waals surface area contributed by atoms with Gasteiger partial charge in [0.25, 0.3) is 5.91 Å². The van der Waals surface area contributed by atoms with Gasteiger partial charge in [-0.25, -0.2) is 4.98 Å². The topological polar surface area (TPSA) is 76.6 Å². The Balaban J connectivity index is 1.41. The molecule has 2 heterocycles. The van der Waals surface area contributed by atoms with Gasteiger partial charge in [-0.3, -0.25) is 4.79 Å². The van der Waals surface area contributed by atoms with Gasteiger partial charge in [-0.15, -0.1) is 0 Å². The lowest BCUT2D eigenvalue weighted by Gasteiger charge is -2.28. The number of aryl methyl sites for hydroxylation is 1. The maximum atomic E-state index is 12.7. The number of anilines is 1. The van der Waals surface area contributed by atoms with Crippen molar-refractivity contribution in [2.75, 3.05) is 37.7 Å². The molecule has 1 fully saturated rings. The summed E-state index contributed by atoms with van der Waals surface area (Å²) in [5.74, 6) is 1.39. The van der Waals surface area contributed by atoms with Crippen molar-refractivity contribution in [3.8, 4) is 11.6 Å². The summed E-state index contributed by atoms with van der Waals surface area (Å²) in [6, 6.07) is 6.18. The normalized spacial score (nSPS) is 14.3. The first kappa shape index (κ1) is 22.6. The average Bonchev–Trinajstić information content (AvgIpc) is 2.75. The fourth-order valence-corrected chi connectivity index (χ4v) is 3.19. The molecule has 0 saturated carbocycles. The van der Waals surface area contributed by atoms with Gasteiger partial charge in [0.05, 0.1) is 12.1 Å². The molecule has 168 valence electrons. The van der Waals surface area contributed by atoms with Crippen molar-refractivity contribution in [1.82, 2.24) is 15.3 Å². The van der Waals surface area contributed by atoms with Crippen LogP contribution in [0, 0.1) is 6.92 Å². The molecule has 1 N–H and O–H groups in total. The molecule has 7 nitrogen and oxygen atoms in total. The van der Waals surface area contributed by atoms with E-state index in [1.54, 1.807) is 13.0 Å². The van der Waals surface area contributed by atoms with Crippen molar-refractivity contribution in [1.29, 1.82) is 0 Å². The Morgan fingerprint density at radius 1 is 1.13 bits per heavy atom. The molecular weight excluding hydrogens is 413 g/mol. The minimum atomic E-state index is -4.47. The molecule has 1 aliphatic rings. The average molecular weight is 438 g/mol. The van der Waals surface area contributed by atoms with Crippen LogP contribution in [-0.2, 0) is 11.0 Å². The van der Waals surface area contributed by atoms with Gasteiger partial charge in [0.2, 0.25) is 5.88 Å². The largest absolute Gasteiger partial charge is 0.484 e. The molecule has 0 unspecified atom stereocenters. The van der Waals surface area contributed by atoms with Crippen LogP contribution in [0.25, 0.3) is 0 Å². The van der Waals surface area contributed by atoms with Gasteiger partial charge in [0, 0.05) is 19.2 Å². The lowest BCUT2D eigenvalue weighted by molar-refractivity contribution is -0.137. The summed E-state index contributed by atoms with van der Waals surface area (Å²) in [5.41, 5.74) is -0.831. The zero-order valence-corrected chi connectivity index (χ0v) is 17.2. The summed E-state index contributed by atoms with van der Waals surface area (Å²) in [4.78, 5) is 22.8. The molecule has 0 aliphatic carbocycles. The molecular formula is C21H25F3N4O3. The zero-order valence-electron chi connectivity index (χ0n) is 17.2. The van der Waals surface area contributed by atoms with Crippen LogP contribution in [0.5, 0.6) is 11.6 Å². The van der Waals surface area contributed by atoms with Crippen molar-refractivity contribution in [3.05, 3.63) is 41.7 Å². The van der Waals surface area contributed by atoms with Gasteiger partial charge in [0.1, 0.15) is 24.0 Å². The standard InChI is InChI=1S/C21H25F3N4O3/c1-15-26-18(28-9-3-2-4-10-28)13-20(27-15)30-11-8-25-19(29)14-31-17-7-5-6-16(12-17)21(22,23)24/h5-7,12-13H,2-4,8-11,14H2,1H3,(H,25,29). The highest BCUT2D eigenvalue weighted by Gasteiger charge is 2.30. The molecule has 0 atom stereocenters. The van der Waals surface area contributed by atoms with Gasteiger partial charge in [-0.1, -0.05) is 6.07 Å². The Labute approximate surface area is 178 Å². The number of aromatic nitrogens is 2. The molecule has 1 amide bonds. The van der Waals surface area contributed by atoms with Gasteiger partial charge >= 0.3 is 6.18 Å². The molecule has 2 aromatic rings. The molecule has 1 saturated heterocycles. The van der Waals surface area contributed by atoms with Crippen LogP contribution >= 0.6 is 0 Å². The van der Waals surface area contributed by atoms with Crippen LogP contribution in [0.2, 0.25) is 0 Å². The minimum absolute atomic E-state index is 0.0251. The fourth-order valence-electron chi connectivity index (χ4n) is 3.19. The number of carbonyl (C=O) groups excluding carboxylic acids is 1. The quantitative estimate of drug-likeness (QED) is 0.637. The zero-order chi connectivity index (χ0) is 22.3. The van der Waals surface area contributed by atoms with E-state index < -0.39 is 24.3 Å². The molecule has 0 radical (unpaired) electrons. The number of hydrogen-bond acceptors (Lipinski definition) is 6.